The van der Waals surface area contributed by atoms with Crippen LogP contribution in [0, 0.1) is 17.2 Å². The molecule has 0 aromatic rings. The fraction of sp³-hybridized carbons (Fsp3) is 0.750. The Kier molecular flexibility index (Phi) is 3.97. The van der Waals surface area contributed by atoms with Gasteiger partial charge in [0.15, 0.2) is 0 Å². The molecule has 0 aliphatic rings. The Morgan fingerprint density at radius 3 is 2.33 bits per heavy atom. The van der Waals surface area contributed by atoms with E-state index in [-0.39, 0.29) is 12.3 Å². The summed E-state index contributed by atoms with van der Waals surface area (Å²) in [5.41, 5.74) is 0. The lowest BCUT2D eigenvalue weighted by atomic mass is 10.1. The fourth-order valence-corrected chi connectivity index (χ4v) is 2.83. The van der Waals surface area contributed by atoms with Crippen molar-refractivity contribution in [2.45, 2.75) is 32.1 Å². The van der Waals surface area contributed by atoms with Crippen molar-refractivity contribution in [3.63, 3.8) is 0 Å². The van der Waals surface area contributed by atoms with Gasteiger partial charge in [-0.05, 0) is 6.04 Å². The van der Waals surface area contributed by atoms with E-state index < -0.39 is 14.0 Å². The van der Waals surface area contributed by atoms with Gasteiger partial charge in [-0.1, -0.05) is 19.6 Å². The Bertz CT molecular complexity index is 202. The van der Waals surface area contributed by atoms with Gasteiger partial charge >= 0.3 is 5.97 Å². The Morgan fingerprint density at radius 1 is 1.58 bits per heavy atom. The van der Waals surface area contributed by atoms with E-state index in [1.54, 1.807) is 0 Å². The van der Waals surface area contributed by atoms with Crippen LogP contribution in [0.4, 0.5) is 0 Å². The molecule has 3 nitrogen and oxygen atoms in total. The highest BCUT2D eigenvalue weighted by molar-refractivity contribution is 6.76. The average Bonchev–Trinajstić information content (AvgIpc) is 1.82. The number of nitriles is 1. The third-order valence-corrected chi connectivity index (χ3v) is 3.18. The number of nitrogens with zero attached hydrogens (tertiary/aromatic N) is 1. The van der Waals surface area contributed by atoms with Crippen LogP contribution in [0.15, 0.2) is 0 Å². The van der Waals surface area contributed by atoms with E-state index >= 15 is 0 Å². The molecular weight excluding hydrogens is 170 g/mol. The molecule has 1 atom stereocenters. The van der Waals surface area contributed by atoms with Crippen LogP contribution in [0.2, 0.25) is 25.7 Å². The van der Waals surface area contributed by atoms with Crippen molar-refractivity contribution < 1.29 is 9.90 Å². The van der Waals surface area contributed by atoms with E-state index in [1.807, 2.05) is 6.07 Å². The molecule has 0 aliphatic carbocycles. The normalized spacial score (nSPS) is 13.5. The highest BCUT2D eigenvalue weighted by atomic mass is 28.3. The molecule has 0 saturated carbocycles. The summed E-state index contributed by atoms with van der Waals surface area (Å²) in [6.07, 6.45) is -0.0131. The van der Waals surface area contributed by atoms with E-state index in [4.69, 9.17) is 10.4 Å². The van der Waals surface area contributed by atoms with Gasteiger partial charge in [0.05, 0.1) is 18.4 Å². The molecule has 1 unspecified atom stereocenters. The van der Waals surface area contributed by atoms with Gasteiger partial charge in [0.2, 0.25) is 0 Å². The lowest BCUT2D eigenvalue weighted by Crippen LogP contribution is -2.24. The summed E-state index contributed by atoms with van der Waals surface area (Å²) in [6, 6.07) is 2.82. The maximum absolute atomic E-state index is 10.3. The minimum atomic E-state index is -1.29. The van der Waals surface area contributed by atoms with E-state index in [0.29, 0.717) is 0 Å². The highest BCUT2D eigenvalue weighted by Crippen LogP contribution is 2.18. The van der Waals surface area contributed by atoms with Crippen molar-refractivity contribution in [1.82, 2.24) is 0 Å². The largest absolute Gasteiger partial charge is 0.481 e. The van der Waals surface area contributed by atoms with E-state index in [9.17, 15) is 4.79 Å². The summed E-state index contributed by atoms with van der Waals surface area (Å²) < 4.78 is 0. The zero-order valence-corrected chi connectivity index (χ0v) is 8.79. The van der Waals surface area contributed by atoms with Crippen molar-refractivity contribution in [1.29, 1.82) is 5.26 Å². The van der Waals surface area contributed by atoms with Crippen LogP contribution in [0.25, 0.3) is 0 Å². The molecule has 0 fully saturated rings. The van der Waals surface area contributed by atoms with Gasteiger partial charge in [-0.3, -0.25) is 4.79 Å². The van der Waals surface area contributed by atoms with Gasteiger partial charge in [0.1, 0.15) is 0 Å². The molecule has 1 N–H and O–H groups in total. The molecule has 0 bridgehead atoms. The molecule has 0 aliphatic heterocycles. The smallest absolute Gasteiger partial charge is 0.304 e. The number of carboxylic acids is 1. The topological polar surface area (TPSA) is 61.1 Å². The SMILES string of the molecule is C[Si](C)(C)CC(C#N)CC(=O)O. The van der Waals surface area contributed by atoms with Crippen molar-refractivity contribution >= 4 is 14.0 Å². The lowest BCUT2D eigenvalue weighted by molar-refractivity contribution is -0.137. The Hall–Kier alpha value is -0.823. The lowest BCUT2D eigenvalue weighted by Gasteiger charge is -2.17. The van der Waals surface area contributed by atoms with Crippen molar-refractivity contribution in [3.05, 3.63) is 0 Å². The zero-order valence-electron chi connectivity index (χ0n) is 7.79. The maximum atomic E-state index is 10.3. The van der Waals surface area contributed by atoms with Gasteiger partial charge in [0, 0.05) is 8.07 Å². The van der Waals surface area contributed by atoms with Crippen molar-refractivity contribution in [2.24, 2.45) is 5.92 Å². The van der Waals surface area contributed by atoms with E-state index in [1.165, 1.54) is 0 Å². The summed E-state index contributed by atoms with van der Waals surface area (Å²) in [5, 5.41) is 17.1. The first-order chi connectivity index (χ1) is 5.35. The van der Waals surface area contributed by atoms with Crippen LogP contribution in [0.5, 0.6) is 0 Å². The summed E-state index contributed by atoms with van der Waals surface area (Å²) in [4.78, 5) is 10.3. The Balaban J connectivity index is 4.03. The number of hydrogen-bond donors (Lipinski definition) is 1. The van der Waals surface area contributed by atoms with Gasteiger partial charge < -0.3 is 5.11 Å². The van der Waals surface area contributed by atoms with Crippen LogP contribution in [-0.4, -0.2) is 19.1 Å². The third-order valence-electron chi connectivity index (χ3n) is 1.46. The van der Waals surface area contributed by atoms with Crippen LogP contribution >= 0.6 is 0 Å². The number of carbonyl (C=O) groups is 1. The monoisotopic (exact) mass is 185 g/mol. The second-order valence-electron chi connectivity index (χ2n) is 4.19. The van der Waals surface area contributed by atoms with Gasteiger partial charge in [0.25, 0.3) is 0 Å². The first-order valence-corrected chi connectivity index (χ1v) is 7.67. The van der Waals surface area contributed by atoms with Crippen LogP contribution < -0.4 is 0 Å². The standard InChI is InChI=1S/C8H15NO2Si/c1-12(2,3)6-7(5-9)4-8(10)11/h7H,4,6H2,1-3H3,(H,10,11). The molecule has 68 valence electrons. The van der Waals surface area contributed by atoms with Gasteiger partial charge in [-0.25, -0.2) is 0 Å². The fourth-order valence-electron chi connectivity index (χ4n) is 1.11. The first-order valence-electron chi connectivity index (χ1n) is 3.96. The predicted molar refractivity (Wildman–Crippen MR) is 49.5 cm³/mol. The maximum Gasteiger partial charge on any atom is 0.304 e. The number of hydrogen-bond acceptors (Lipinski definition) is 2. The number of rotatable bonds is 4. The molecule has 0 aromatic carbocycles. The van der Waals surface area contributed by atoms with Gasteiger partial charge in [-0.2, -0.15) is 5.26 Å². The molecule has 0 amide bonds. The number of aliphatic carboxylic acids is 1. The molecule has 0 rings (SSSR count). The molecular formula is C8H15NO2Si. The highest BCUT2D eigenvalue weighted by Gasteiger charge is 2.21. The molecule has 0 aromatic heterocycles. The molecule has 0 radical (unpaired) electrons. The van der Waals surface area contributed by atoms with E-state index in [0.717, 1.165) is 6.04 Å². The zero-order chi connectivity index (χ0) is 9.78. The second-order valence-corrected chi connectivity index (χ2v) is 9.72. The van der Waals surface area contributed by atoms with Crippen LogP contribution in [0.1, 0.15) is 6.42 Å². The predicted octanol–water partition coefficient (Wildman–Crippen LogP) is 1.94. The Labute approximate surface area is 74.0 Å². The summed E-state index contributed by atoms with van der Waals surface area (Å²) >= 11 is 0. The molecule has 12 heavy (non-hydrogen) atoms. The molecule has 0 spiro atoms. The number of carboxylic acid groups (broad SMARTS) is 1. The summed E-state index contributed by atoms with van der Waals surface area (Å²) in [5.74, 6) is -1.17. The molecule has 0 heterocycles. The Morgan fingerprint density at radius 2 is 2.08 bits per heavy atom. The minimum Gasteiger partial charge on any atom is -0.481 e. The van der Waals surface area contributed by atoms with Gasteiger partial charge in [-0.15, -0.1) is 0 Å². The third kappa shape index (κ3) is 5.92. The van der Waals surface area contributed by atoms with Crippen LogP contribution in [0.3, 0.4) is 0 Å². The summed E-state index contributed by atoms with van der Waals surface area (Å²) in [6.45, 7) is 6.41. The average molecular weight is 185 g/mol. The van der Waals surface area contributed by atoms with E-state index in [2.05, 4.69) is 19.6 Å². The minimum absolute atomic E-state index is 0.0131. The molecule has 4 heteroatoms. The van der Waals surface area contributed by atoms with Crippen molar-refractivity contribution in [3.8, 4) is 6.07 Å². The molecule has 0 saturated heterocycles. The summed E-state index contributed by atoms with van der Waals surface area (Å²) in [7, 11) is -1.29. The van der Waals surface area contributed by atoms with Crippen molar-refractivity contribution in [2.75, 3.05) is 0 Å². The second kappa shape index (κ2) is 4.26. The first kappa shape index (κ1) is 11.2. The van der Waals surface area contributed by atoms with Crippen LogP contribution in [-0.2, 0) is 4.79 Å². The quantitative estimate of drug-likeness (QED) is 0.681.